The Morgan fingerprint density at radius 3 is 2.40 bits per heavy atom. The van der Waals surface area contributed by atoms with Crippen LogP contribution in [0.1, 0.15) is 39.2 Å². The topological polar surface area (TPSA) is 85.1 Å². The van der Waals surface area contributed by atoms with Gasteiger partial charge in [-0.15, -0.1) is 0 Å². The number of carbonyl (C=O) groups is 2. The molecule has 2 N–H and O–H groups in total. The van der Waals surface area contributed by atoms with Gasteiger partial charge in [0.25, 0.3) is 0 Å². The number of likely N-dealkylation sites (tertiary alicyclic amines) is 1. The van der Waals surface area contributed by atoms with Gasteiger partial charge in [-0.2, -0.15) is 0 Å². The summed E-state index contributed by atoms with van der Waals surface area (Å²) in [4.78, 5) is 28.2. The highest BCUT2D eigenvalue weighted by molar-refractivity contribution is 6.30. The summed E-state index contributed by atoms with van der Waals surface area (Å²) >= 11 is 6.01. The third-order valence-corrected chi connectivity index (χ3v) is 5.87. The van der Waals surface area contributed by atoms with Gasteiger partial charge in [0.05, 0.1) is 6.61 Å². The molecule has 0 bridgehead atoms. The molecule has 0 saturated carbocycles. The Morgan fingerprint density at radius 1 is 1.20 bits per heavy atom. The number of ether oxygens (including phenoxy) is 2. The summed E-state index contributed by atoms with van der Waals surface area (Å²) in [7, 11) is 0. The maximum absolute atomic E-state index is 12.4. The number of nitrogens with two attached hydrogens (primary N) is 1. The van der Waals surface area contributed by atoms with Crippen LogP contribution in [-0.4, -0.2) is 71.8 Å². The normalized spacial score (nSPS) is 23.9. The fraction of sp³-hybridized carbons (Fsp3) is 0.636. The molecule has 2 aliphatic heterocycles. The van der Waals surface area contributed by atoms with Crippen molar-refractivity contribution in [2.75, 3.05) is 26.2 Å². The van der Waals surface area contributed by atoms with Crippen LogP contribution in [0.5, 0.6) is 0 Å². The van der Waals surface area contributed by atoms with E-state index in [1.54, 1.807) is 4.90 Å². The lowest BCUT2D eigenvalue weighted by Gasteiger charge is -2.46. The second-order valence-electron chi connectivity index (χ2n) is 9.10. The predicted octanol–water partition coefficient (Wildman–Crippen LogP) is 2.84. The molecule has 0 radical (unpaired) electrons. The second-order valence-corrected chi connectivity index (χ2v) is 9.54. The molecule has 2 heterocycles. The van der Waals surface area contributed by atoms with Gasteiger partial charge in [0.15, 0.2) is 0 Å². The van der Waals surface area contributed by atoms with Crippen LogP contribution in [0.15, 0.2) is 24.3 Å². The number of rotatable bonds is 4. The molecule has 2 atom stereocenters. The Morgan fingerprint density at radius 2 is 1.83 bits per heavy atom. The quantitative estimate of drug-likeness (QED) is 0.782. The smallest absolute Gasteiger partial charge is 0.410 e. The Labute approximate surface area is 183 Å². The van der Waals surface area contributed by atoms with Crippen LogP contribution in [0.2, 0.25) is 5.02 Å². The number of morpholine rings is 1. The molecule has 1 unspecified atom stereocenters. The number of halogens is 1. The first kappa shape index (κ1) is 22.8. The fourth-order valence-electron chi connectivity index (χ4n) is 4.11. The van der Waals surface area contributed by atoms with Gasteiger partial charge < -0.3 is 20.1 Å². The maximum atomic E-state index is 12.4. The molecule has 30 heavy (non-hydrogen) atoms. The molecule has 2 saturated heterocycles. The monoisotopic (exact) mass is 437 g/mol. The molecule has 8 heteroatoms. The van der Waals surface area contributed by atoms with Crippen molar-refractivity contribution >= 4 is 23.6 Å². The summed E-state index contributed by atoms with van der Waals surface area (Å²) in [5, 5.41) is 0.707. The van der Waals surface area contributed by atoms with Gasteiger partial charge in [-0.1, -0.05) is 23.7 Å². The second kappa shape index (κ2) is 9.54. The molecular weight excluding hydrogens is 406 g/mol. The van der Waals surface area contributed by atoms with Crippen molar-refractivity contribution in [3.63, 3.8) is 0 Å². The van der Waals surface area contributed by atoms with Crippen molar-refractivity contribution in [2.45, 2.75) is 63.8 Å². The summed E-state index contributed by atoms with van der Waals surface area (Å²) in [5.74, 6) is -0.434. The number of piperidine rings is 1. The SMILES string of the molecule is CC(C)(C)OC(=O)N1CCC(N2C[C@@H](C(N)=O)OCC2Cc2ccc(Cl)cc2)CC1. The van der Waals surface area contributed by atoms with Crippen LogP contribution in [0.4, 0.5) is 4.79 Å². The van der Waals surface area contributed by atoms with Crippen LogP contribution in [0.25, 0.3) is 0 Å². The summed E-state index contributed by atoms with van der Waals surface area (Å²) in [5.41, 5.74) is 6.18. The van der Waals surface area contributed by atoms with Gasteiger partial charge in [0.2, 0.25) is 5.91 Å². The van der Waals surface area contributed by atoms with E-state index in [1.165, 1.54) is 5.56 Å². The van der Waals surface area contributed by atoms with Crippen LogP contribution >= 0.6 is 11.6 Å². The van der Waals surface area contributed by atoms with Gasteiger partial charge in [0.1, 0.15) is 11.7 Å². The van der Waals surface area contributed by atoms with Gasteiger partial charge >= 0.3 is 6.09 Å². The lowest BCUT2D eigenvalue weighted by Crippen LogP contribution is -2.59. The van der Waals surface area contributed by atoms with Crippen LogP contribution < -0.4 is 5.73 Å². The summed E-state index contributed by atoms with van der Waals surface area (Å²) in [6.07, 6.45) is 1.57. The zero-order valence-corrected chi connectivity index (χ0v) is 18.7. The standard InChI is InChI=1S/C22H32ClN3O4/c1-22(2,3)30-21(28)25-10-8-17(9-11-25)26-13-19(20(24)27)29-14-18(26)12-15-4-6-16(23)7-5-15/h4-7,17-19H,8-14H2,1-3H3,(H2,24,27)/t18?,19-/m0/s1. The molecule has 0 spiro atoms. The minimum Gasteiger partial charge on any atom is -0.444 e. The van der Waals surface area contributed by atoms with E-state index in [4.69, 9.17) is 26.8 Å². The van der Waals surface area contributed by atoms with Crippen LogP contribution in [0.3, 0.4) is 0 Å². The van der Waals surface area contributed by atoms with Gasteiger partial charge in [-0.3, -0.25) is 9.69 Å². The first-order valence-corrected chi connectivity index (χ1v) is 10.9. The fourth-order valence-corrected chi connectivity index (χ4v) is 4.24. The van der Waals surface area contributed by atoms with Crippen LogP contribution in [-0.2, 0) is 20.7 Å². The highest BCUT2D eigenvalue weighted by Gasteiger charge is 2.38. The minimum absolute atomic E-state index is 0.139. The third-order valence-electron chi connectivity index (χ3n) is 5.62. The van der Waals surface area contributed by atoms with E-state index in [-0.39, 0.29) is 18.2 Å². The highest BCUT2D eigenvalue weighted by Crippen LogP contribution is 2.26. The molecule has 2 amide bonds. The van der Waals surface area contributed by atoms with E-state index < -0.39 is 17.6 Å². The third kappa shape index (κ3) is 6.09. The van der Waals surface area contributed by atoms with Gasteiger partial charge in [-0.05, 0) is 57.7 Å². The lowest BCUT2D eigenvalue weighted by atomic mass is 9.96. The zero-order valence-electron chi connectivity index (χ0n) is 18.0. The minimum atomic E-state index is -0.602. The van der Waals surface area contributed by atoms with E-state index in [0.717, 1.165) is 19.3 Å². The Balaban J connectivity index is 1.65. The molecule has 3 rings (SSSR count). The molecule has 1 aromatic carbocycles. The molecule has 2 aliphatic rings. The molecule has 7 nitrogen and oxygen atoms in total. The number of amides is 2. The average Bonchev–Trinajstić information content (AvgIpc) is 2.68. The van der Waals surface area contributed by atoms with E-state index >= 15 is 0 Å². The predicted molar refractivity (Wildman–Crippen MR) is 115 cm³/mol. The first-order chi connectivity index (χ1) is 14.1. The highest BCUT2D eigenvalue weighted by atomic mass is 35.5. The number of benzene rings is 1. The van der Waals surface area contributed by atoms with Crippen molar-refractivity contribution in [3.05, 3.63) is 34.9 Å². The Kier molecular flexibility index (Phi) is 7.26. The molecule has 0 aliphatic carbocycles. The van der Waals surface area contributed by atoms with Gasteiger partial charge in [-0.25, -0.2) is 4.79 Å². The lowest BCUT2D eigenvalue weighted by molar-refractivity contribution is -0.142. The average molecular weight is 438 g/mol. The van der Waals surface area contributed by atoms with E-state index in [2.05, 4.69) is 4.90 Å². The van der Waals surface area contributed by atoms with E-state index in [9.17, 15) is 9.59 Å². The molecule has 2 fully saturated rings. The maximum Gasteiger partial charge on any atom is 0.410 e. The summed E-state index contributed by atoms with van der Waals surface area (Å²) in [6.45, 7) is 7.80. The van der Waals surface area contributed by atoms with Crippen molar-refractivity contribution in [1.29, 1.82) is 0 Å². The van der Waals surface area contributed by atoms with Crippen molar-refractivity contribution in [1.82, 2.24) is 9.80 Å². The largest absolute Gasteiger partial charge is 0.444 e. The number of hydrogen-bond donors (Lipinski definition) is 1. The number of nitrogens with zero attached hydrogens (tertiary/aromatic N) is 2. The Hall–Kier alpha value is -1.83. The zero-order chi connectivity index (χ0) is 21.9. The van der Waals surface area contributed by atoms with E-state index in [0.29, 0.717) is 31.3 Å². The first-order valence-electron chi connectivity index (χ1n) is 10.5. The molecule has 0 aromatic heterocycles. The van der Waals surface area contributed by atoms with Crippen molar-refractivity contribution in [2.24, 2.45) is 5.73 Å². The van der Waals surface area contributed by atoms with Gasteiger partial charge in [0, 0.05) is 36.7 Å². The molecule has 1 aromatic rings. The van der Waals surface area contributed by atoms with Crippen LogP contribution in [0, 0.1) is 0 Å². The molecular formula is C22H32ClN3O4. The Bertz CT molecular complexity index is 742. The number of primary amides is 1. The molecule has 166 valence electrons. The van der Waals surface area contributed by atoms with E-state index in [1.807, 2.05) is 45.0 Å². The van der Waals surface area contributed by atoms with Crippen molar-refractivity contribution in [3.8, 4) is 0 Å². The number of hydrogen-bond acceptors (Lipinski definition) is 5. The van der Waals surface area contributed by atoms with Crippen molar-refractivity contribution < 1.29 is 19.1 Å². The summed E-state index contributed by atoms with van der Waals surface area (Å²) in [6, 6.07) is 8.20. The summed E-state index contributed by atoms with van der Waals surface area (Å²) < 4.78 is 11.3. The number of carbonyl (C=O) groups excluding carboxylic acids is 2.